The molecule has 1 atom stereocenters. The van der Waals surface area contributed by atoms with E-state index in [4.69, 9.17) is 9.47 Å². The Morgan fingerprint density at radius 3 is 2.75 bits per heavy atom. The zero-order valence-electron chi connectivity index (χ0n) is 14.8. The second kappa shape index (κ2) is 7.99. The van der Waals surface area contributed by atoms with Crippen LogP contribution in [0.25, 0.3) is 0 Å². The Labute approximate surface area is 144 Å². The molecule has 0 N–H and O–H groups in total. The highest BCUT2D eigenvalue weighted by atomic mass is 16.5. The molecule has 2 aliphatic rings. The van der Waals surface area contributed by atoms with Crippen LogP contribution in [-0.2, 0) is 4.74 Å². The maximum absolute atomic E-state index is 12.7. The van der Waals surface area contributed by atoms with Crippen molar-refractivity contribution in [3.8, 4) is 5.75 Å². The molecule has 2 aliphatic heterocycles. The molecular weight excluding hydrogens is 304 g/mol. The summed E-state index contributed by atoms with van der Waals surface area (Å²) in [5.41, 5.74) is 1.76. The molecule has 0 saturated carbocycles. The van der Waals surface area contributed by atoms with E-state index in [1.807, 2.05) is 30.0 Å². The van der Waals surface area contributed by atoms with Crippen molar-refractivity contribution >= 4 is 5.91 Å². The van der Waals surface area contributed by atoms with E-state index in [0.29, 0.717) is 11.7 Å². The van der Waals surface area contributed by atoms with Gasteiger partial charge in [0, 0.05) is 44.9 Å². The molecule has 0 unspecified atom stereocenters. The first-order valence-electron chi connectivity index (χ1n) is 8.95. The Kier molecular flexibility index (Phi) is 5.74. The van der Waals surface area contributed by atoms with E-state index >= 15 is 0 Å². The summed E-state index contributed by atoms with van der Waals surface area (Å²) >= 11 is 0. The topological polar surface area (TPSA) is 42.0 Å². The van der Waals surface area contributed by atoms with Crippen molar-refractivity contribution in [3.63, 3.8) is 0 Å². The monoisotopic (exact) mass is 332 g/mol. The molecule has 1 aromatic rings. The van der Waals surface area contributed by atoms with Gasteiger partial charge in [0.15, 0.2) is 0 Å². The summed E-state index contributed by atoms with van der Waals surface area (Å²) in [6, 6.07) is 5.69. The Bertz CT molecular complexity index is 562. The Hall–Kier alpha value is -1.59. The van der Waals surface area contributed by atoms with E-state index in [-0.39, 0.29) is 5.91 Å². The quantitative estimate of drug-likeness (QED) is 0.830. The van der Waals surface area contributed by atoms with Gasteiger partial charge in [-0.15, -0.1) is 0 Å². The Morgan fingerprint density at radius 2 is 2.08 bits per heavy atom. The van der Waals surface area contributed by atoms with Gasteiger partial charge in [0.05, 0.1) is 13.2 Å². The zero-order chi connectivity index (χ0) is 16.9. The van der Waals surface area contributed by atoms with E-state index in [2.05, 4.69) is 4.90 Å². The van der Waals surface area contributed by atoms with Gasteiger partial charge in [-0.25, -0.2) is 0 Å². The first-order chi connectivity index (χ1) is 11.7. The summed E-state index contributed by atoms with van der Waals surface area (Å²) in [7, 11) is 1.64. The number of rotatable bonds is 5. The number of benzene rings is 1. The number of hydrogen-bond acceptors (Lipinski definition) is 4. The summed E-state index contributed by atoms with van der Waals surface area (Å²) in [5, 5.41) is 0. The van der Waals surface area contributed by atoms with Crippen LogP contribution < -0.4 is 4.74 Å². The predicted molar refractivity (Wildman–Crippen MR) is 93.7 cm³/mol. The number of amides is 1. The van der Waals surface area contributed by atoms with Gasteiger partial charge in [-0.1, -0.05) is 6.07 Å². The first kappa shape index (κ1) is 17.2. The minimum atomic E-state index is 0.104. The molecule has 24 heavy (non-hydrogen) atoms. The summed E-state index contributed by atoms with van der Waals surface area (Å²) in [6.07, 6.45) is 3.97. The fourth-order valence-electron chi connectivity index (χ4n) is 3.51. The third-order valence-electron chi connectivity index (χ3n) is 5.11. The minimum Gasteiger partial charge on any atom is -0.496 e. The summed E-state index contributed by atoms with van der Waals surface area (Å²) in [5.74, 6) is 0.878. The normalized spacial score (nSPS) is 21.9. The third-order valence-corrected chi connectivity index (χ3v) is 5.11. The maximum Gasteiger partial charge on any atom is 0.254 e. The smallest absolute Gasteiger partial charge is 0.254 e. The van der Waals surface area contributed by atoms with Crippen LogP contribution in [0.15, 0.2) is 18.2 Å². The van der Waals surface area contributed by atoms with Crippen molar-refractivity contribution in [2.45, 2.75) is 32.3 Å². The number of piperazine rings is 1. The summed E-state index contributed by atoms with van der Waals surface area (Å²) in [6.45, 7) is 7.46. The Morgan fingerprint density at radius 1 is 1.29 bits per heavy atom. The molecule has 2 fully saturated rings. The fourth-order valence-corrected chi connectivity index (χ4v) is 3.51. The van der Waals surface area contributed by atoms with Gasteiger partial charge >= 0.3 is 0 Å². The van der Waals surface area contributed by atoms with Crippen LogP contribution in [0.4, 0.5) is 0 Å². The number of carbonyl (C=O) groups is 1. The van der Waals surface area contributed by atoms with Crippen molar-refractivity contribution in [1.29, 1.82) is 0 Å². The molecule has 5 nitrogen and oxygen atoms in total. The molecule has 1 amide bonds. The van der Waals surface area contributed by atoms with E-state index in [0.717, 1.165) is 57.1 Å². The Balaban J connectivity index is 1.49. The van der Waals surface area contributed by atoms with E-state index in [1.165, 1.54) is 12.8 Å². The molecule has 132 valence electrons. The first-order valence-corrected chi connectivity index (χ1v) is 8.95. The molecule has 0 radical (unpaired) electrons. The van der Waals surface area contributed by atoms with Crippen molar-refractivity contribution < 1.29 is 14.3 Å². The molecule has 1 aromatic carbocycles. The van der Waals surface area contributed by atoms with Gasteiger partial charge in [0.2, 0.25) is 0 Å². The molecule has 0 spiro atoms. The average Bonchev–Trinajstić information content (AvgIpc) is 3.14. The van der Waals surface area contributed by atoms with Gasteiger partial charge in [-0.3, -0.25) is 9.69 Å². The number of aryl methyl sites for hydroxylation is 1. The SMILES string of the molecule is COc1cc(C(=O)N2CCN(CC[C@H]3CCCO3)CC2)ccc1C. The molecule has 0 aromatic heterocycles. The molecule has 5 heteroatoms. The van der Waals surface area contributed by atoms with Gasteiger partial charge in [0.25, 0.3) is 5.91 Å². The second-order valence-electron chi connectivity index (χ2n) is 6.74. The van der Waals surface area contributed by atoms with Crippen LogP contribution in [0.3, 0.4) is 0 Å². The third kappa shape index (κ3) is 4.08. The predicted octanol–water partition coefficient (Wildman–Crippen LogP) is 2.33. The molecule has 0 aliphatic carbocycles. The zero-order valence-corrected chi connectivity index (χ0v) is 14.8. The lowest BCUT2D eigenvalue weighted by atomic mass is 10.1. The standard InChI is InChI=1S/C19H28N2O3/c1-15-5-6-16(14-18(15)23-2)19(22)21-11-9-20(10-12-21)8-7-17-4-3-13-24-17/h5-6,14,17H,3-4,7-13H2,1-2H3/t17-/m1/s1. The van der Waals surface area contributed by atoms with Gasteiger partial charge in [-0.2, -0.15) is 0 Å². The largest absolute Gasteiger partial charge is 0.496 e. The van der Waals surface area contributed by atoms with Gasteiger partial charge in [-0.05, 0) is 43.9 Å². The van der Waals surface area contributed by atoms with Gasteiger partial charge in [0.1, 0.15) is 5.75 Å². The van der Waals surface area contributed by atoms with Crippen LogP contribution in [0.5, 0.6) is 5.75 Å². The van der Waals surface area contributed by atoms with Crippen molar-refractivity contribution in [2.75, 3.05) is 46.4 Å². The lowest BCUT2D eigenvalue weighted by molar-refractivity contribution is 0.0575. The van der Waals surface area contributed by atoms with Crippen LogP contribution in [0, 0.1) is 6.92 Å². The second-order valence-corrected chi connectivity index (χ2v) is 6.74. The number of ether oxygens (including phenoxy) is 2. The molecular formula is C19H28N2O3. The number of nitrogens with zero attached hydrogens (tertiary/aromatic N) is 2. The van der Waals surface area contributed by atoms with Crippen LogP contribution >= 0.6 is 0 Å². The molecule has 2 saturated heterocycles. The van der Waals surface area contributed by atoms with E-state index < -0.39 is 0 Å². The molecule has 2 heterocycles. The lowest BCUT2D eigenvalue weighted by Gasteiger charge is -2.35. The minimum absolute atomic E-state index is 0.104. The number of methoxy groups -OCH3 is 1. The van der Waals surface area contributed by atoms with E-state index in [1.54, 1.807) is 7.11 Å². The molecule has 0 bridgehead atoms. The highest BCUT2D eigenvalue weighted by Gasteiger charge is 2.24. The highest BCUT2D eigenvalue weighted by Crippen LogP contribution is 2.21. The van der Waals surface area contributed by atoms with Gasteiger partial charge < -0.3 is 14.4 Å². The van der Waals surface area contributed by atoms with Crippen molar-refractivity contribution in [1.82, 2.24) is 9.80 Å². The number of carbonyl (C=O) groups excluding carboxylic acids is 1. The average molecular weight is 332 g/mol. The lowest BCUT2D eigenvalue weighted by Crippen LogP contribution is -2.49. The van der Waals surface area contributed by atoms with Crippen LogP contribution in [-0.4, -0.2) is 68.3 Å². The molecule has 3 rings (SSSR count). The summed E-state index contributed by atoms with van der Waals surface area (Å²) in [4.78, 5) is 17.1. The van der Waals surface area contributed by atoms with Crippen LogP contribution in [0.1, 0.15) is 35.2 Å². The fraction of sp³-hybridized carbons (Fsp3) is 0.632. The van der Waals surface area contributed by atoms with E-state index in [9.17, 15) is 4.79 Å². The van der Waals surface area contributed by atoms with Crippen molar-refractivity contribution in [3.05, 3.63) is 29.3 Å². The number of hydrogen-bond donors (Lipinski definition) is 0. The summed E-state index contributed by atoms with van der Waals surface area (Å²) < 4.78 is 11.0. The van der Waals surface area contributed by atoms with Crippen LogP contribution in [0.2, 0.25) is 0 Å². The van der Waals surface area contributed by atoms with Crippen molar-refractivity contribution in [2.24, 2.45) is 0 Å². The maximum atomic E-state index is 12.7. The highest BCUT2D eigenvalue weighted by molar-refractivity contribution is 5.94.